The third-order valence-electron chi connectivity index (χ3n) is 11.0. The molecule has 4 rings (SSSR count). The Morgan fingerprint density at radius 3 is 2.50 bits per heavy atom. The standard InChI is InChI=1S/C35H54O5/c1-25(2)12-9-13-26(3)14-10-19-34-20-11-17-32(4,5)31(34)28-23-33(6,18-8-7-15-29(36)40-28)35(34,38)21-16-27-22-30(37)39-24-27/h22,25-26,28,31,38H,7,9-17,19-21,23-24H2,1-6H3/t26-,28+,31-,33-,34-,35+/m0/s1. The average Bonchev–Trinajstić information content (AvgIpc) is 3.30. The molecule has 0 aromatic rings. The highest BCUT2D eigenvalue weighted by molar-refractivity contribution is 5.85. The maximum Gasteiger partial charge on any atom is 0.331 e. The van der Waals surface area contributed by atoms with E-state index in [1.807, 2.05) is 0 Å². The fourth-order valence-electron chi connectivity index (χ4n) is 9.09. The molecule has 1 N–H and O–H groups in total. The molecule has 0 spiro atoms. The Kier molecular flexibility index (Phi) is 9.50. The molecule has 0 saturated heterocycles. The van der Waals surface area contributed by atoms with Crippen LogP contribution < -0.4 is 0 Å². The van der Waals surface area contributed by atoms with Gasteiger partial charge >= 0.3 is 11.9 Å². The minimum atomic E-state index is -1.07. The first kappa shape index (κ1) is 31.1. The van der Waals surface area contributed by atoms with Crippen LogP contribution >= 0.6 is 0 Å². The van der Waals surface area contributed by atoms with Crippen LogP contribution in [-0.4, -0.2) is 35.4 Å². The summed E-state index contributed by atoms with van der Waals surface area (Å²) in [6, 6.07) is 0. The van der Waals surface area contributed by atoms with E-state index in [4.69, 9.17) is 9.47 Å². The molecule has 4 aliphatic rings. The minimum absolute atomic E-state index is 0.0577. The van der Waals surface area contributed by atoms with Crippen LogP contribution in [0.1, 0.15) is 131 Å². The topological polar surface area (TPSA) is 72.8 Å². The Morgan fingerprint density at radius 1 is 1.05 bits per heavy atom. The van der Waals surface area contributed by atoms with Gasteiger partial charge in [0.25, 0.3) is 0 Å². The summed E-state index contributed by atoms with van der Waals surface area (Å²) in [6.07, 6.45) is 13.7. The van der Waals surface area contributed by atoms with E-state index in [-0.39, 0.29) is 29.4 Å². The molecule has 2 heterocycles. The number of hydrogen-bond acceptors (Lipinski definition) is 5. The van der Waals surface area contributed by atoms with Gasteiger partial charge in [-0.05, 0) is 61.9 Å². The lowest BCUT2D eigenvalue weighted by atomic mass is 9.38. The molecule has 6 atom stereocenters. The molecule has 0 radical (unpaired) electrons. The Balaban J connectivity index is 1.71. The number of rotatable bonds is 11. The zero-order chi connectivity index (χ0) is 29.2. The minimum Gasteiger partial charge on any atom is -0.462 e. The second kappa shape index (κ2) is 12.2. The molecule has 0 aromatic heterocycles. The molecule has 2 aliphatic heterocycles. The van der Waals surface area contributed by atoms with Crippen LogP contribution in [0, 0.1) is 45.8 Å². The summed E-state index contributed by atoms with van der Waals surface area (Å²) >= 11 is 0. The monoisotopic (exact) mass is 554 g/mol. The highest BCUT2D eigenvalue weighted by Gasteiger charge is 2.71. The van der Waals surface area contributed by atoms with E-state index in [0.717, 1.165) is 50.0 Å². The lowest BCUT2D eigenvalue weighted by Crippen LogP contribution is -2.71. The molecular weight excluding hydrogens is 500 g/mol. The molecule has 5 nitrogen and oxygen atoms in total. The van der Waals surface area contributed by atoms with Gasteiger partial charge in [-0.3, -0.25) is 4.79 Å². The first-order valence-electron chi connectivity index (χ1n) is 16.1. The fraction of sp³-hybridized carbons (Fsp3) is 0.829. The maximum atomic E-state index is 13.3. The van der Waals surface area contributed by atoms with Crippen LogP contribution in [0.4, 0.5) is 0 Å². The lowest BCUT2D eigenvalue weighted by Gasteiger charge is -2.68. The maximum absolute atomic E-state index is 13.3. The van der Waals surface area contributed by atoms with Crippen molar-refractivity contribution < 1.29 is 24.2 Å². The van der Waals surface area contributed by atoms with Crippen LogP contribution in [0.5, 0.6) is 0 Å². The Hall–Kier alpha value is -1.80. The van der Waals surface area contributed by atoms with Gasteiger partial charge in [0.05, 0.1) is 17.4 Å². The Bertz CT molecular complexity index is 1030. The average molecular weight is 555 g/mol. The number of carbonyl (C=O) groups excluding carboxylic acids is 2. The first-order valence-corrected chi connectivity index (χ1v) is 16.1. The first-order chi connectivity index (χ1) is 18.8. The highest BCUT2D eigenvalue weighted by Crippen LogP contribution is 2.69. The van der Waals surface area contributed by atoms with Gasteiger partial charge in [0, 0.05) is 30.3 Å². The van der Waals surface area contributed by atoms with Gasteiger partial charge in [-0.1, -0.05) is 79.1 Å². The van der Waals surface area contributed by atoms with Crippen molar-refractivity contribution in [3.8, 4) is 11.8 Å². The summed E-state index contributed by atoms with van der Waals surface area (Å²) in [4.78, 5) is 24.8. The van der Waals surface area contributed by atoms with E-state index in [9.17, 15) is 14.7 Å². The SMILES string of the molecule is CC(C)CCC[C@H](C)CCC[C@]12CCCC(C)(C)[C@@H]1[C@H]1C[C@](C)(C#CCCC(=O)O1)[C@]2(O)CCC1=CC(=O)OC1. The summed E-state index contributed by atoms with van der Waals surface area (Å²) in [5.41, 5.74) is -1.33. The molecule has 2 bridgehead atoms. The van der Waals surface area contributed by atoms with Crippen LogP contribution in [0.15, 0.2) is 11.6 Å². The van der Waals surface area contributed by atoms with Crippen LogP contribution in [0.3, 0.4) is 0 Å². The number of cyclic esters (lactones) is 1. The summed E-state index contributed by atoms with van der Waals surface area (Å²) in [7, 11) is 0. The van der Waals surface area contributed by atoms with Crippen LogP contribution in [-0.2, 0) is 19.1 Å². The van der Waals surface area contributed by atoms with Crippen LogP contribution in [0.2, 0.25) is 0 Å². The molecular formula is C35H54O5. The quantitative estimate of drug-likeness (QED) is 0.211. The fourth-order valence-corrected chi connectivity index (χ4v) is 9.09. The highest BCUT2D eigenvalue weighted by atomic mass is 16.5. The summed E-state index contributed by atoms with van der Waals surface area (Å²) in [5, 5.41) is 13.3. The summed E-state index contributed by atoms with van der Waals surface area (Å²) in [5.74, 6) is 7.82. The third kappa shape index (κ3) is 6.18. The summed E-state index contributed by atoms with van der Waals surface area (Å²) in [6.45, 7) is 14.0. The number of aliphatic hydroxyl groups is 1. The van der Waals surface area contributed by atoms with E-state index in [2.05, 4.69) is 53.4 Å². The van der Waals surface area contributed by atoms with Crippen molar-refractivity contribution in [2.75, 3.05) is 6.61 Å². The predicted molar refractivity (Wildman–Crippen MR) is 158 cm³/mol. The van der Waals surface area contributed by atoms with E-state index in [1.165, 1.54) is 19.3 Å². The summed E-state index contributed by atoms with van der Waals surface area (Å²) < 4.78 is 11.5. The lowest BCUT2D eigenvalue weighted by molar-refractivity contribution is -0.276. The number of hydrogen-bond donors (Lipinski definition) is 1. The zero-order valence-electron chi connectivity index (χ0n) is 26.1. The van der Waals surface area contributed by atoms with Gasteiger partial charge in [-0.2, -0.15) is 0 Å². The van der Waals surface area contributed by atoms with E-state index < -0.39 is 16.4 Å². The molecule has 40 heavy (non-hydrogen) atoms. The third-order valence-corrected chi connectivity index (χ3v) is 11.0. The number of esters is 2. The molecule has 0 unspecified atom stereocenters. The molecule has 2 saturated carbocycles. The smallest absolute Gasteiger partial charge is 0.331 e. The van der Waals surface area contributed by atoms with E-state index >= 15 is 0 Å². The molecule has 5 heteroatoms. The molecule has 2 aliphatic carbocycles. The van der Waals surface area contributed by atoms with Gasteiger partial charge in [0.1, 0.15) is 12.7 Å². The van der Waals surface area contributed by atoms with E-state index in [0.29, 0.717) is 44.6 Å². The van der Waals surface area contributed by atoms with Gasteiger partial charge in [-0.15, -0.1) is 5.92 Å². The van der Waals surface area contributed by atoms with Gasteiger partial charge in [0.15, 0.2) is 0 Å². The van der Waals surface area contributed by atoms with Crippen molar-refractivity contribution in [1.82, 2.24) is 0 Å². The largest absolute Gasteiger partial charge is 0.462 e. The Labute approximate surface area is 243 Å². The van der Waals surface area contributed by atoms with Crippen molar-refractivity contribution in [2.24, 2.45) is 34.0 Å². The number of carbonyl (C=O) groups is 2. The number of fused-ring (bicyclic) bond motifs is 4. The van der Waals surface area contributed by atoms with E-state index in [1.54, 1.807) is 6.08 Å². The zero-order valence-corrected chi connectivity index (χ0v) is 26.1. The van der Waals surface area contributed by atoms with Crippen molar-refractivity contribution in [1.29, 1.82) is 0 Å². The van der Waals surface area contributed by atoms with Crippen molar-refractivity contribution in [3.05, 3.63) is 11.6 Å². The van der Waals surface area contributed by atoms with Gasteiger partial charge < -0.3 is 14.6 Å². The van der Waals surface area contributed by atoms with Gasteiger partial charge in [0.2, 0.25) is 0 Å². The second-order valence-electron chi connectivity index (χ2n) is 14.9. The molecule has 0 amide bonds. The molecule has 224 valence electrons. The molecule has 0 aromatic carbocycles. The van der Waals surface area contributed by atoms with Gasteiger partial charge in [-0.25, -0.2) is 4.79 Å². The van der Waals surface area contributed by atoms with Crippen LogP contribution in [0.25, 0.3) is 0 Å². The number of ether oxygens (including phenoxy) is 2. The second-order valence-corrected chi connectivity index (χ2v) is 14.9. The van der Waals surface area contributed by atoms with Crippen molar-refractivity contribution in [2.45, 2.75) is 143 Å². The molecule has 2 fully saturated rings. The van der Waals surface area contributed by atoms with Crippen molar-refractivity contribution >= 4 is 11.9 Å². The Morgan fingerprint density at radius 2 is 1.80 bits per heavy atom. The van der Waals surface area contributed by atoms with Crippen molar-refractivity contribution in [3.63, 3.8) is 0 Å². The normalized spacial score (nSPS) is 35.8. The predicted octanol–water partition coefficient (Wildman–Crippen LogP) is 7.55.